The van der Waals surface area contributed by atoms with Gasteiger partial charge in [-0.1, -0.05) is 113 Å². The number of ether oxygens (including phenoxy) is 1. The van der Waals surface area contributed by atoms with Gasteiger partial charge in [0, 0.05) is 43.1 Å². The van der Waals surface area contributed by atoms with Gasteiger partial charge in [0.25, 0.3) is 0 Å². The van der Waals surface area contributed by atoms with Crippen LogP contribution in [0.1, 0.15) is 90.2 Å². The van der Waals surface area contributed by atoms with Crippen molar-refractivity contribution in [1.82, 2.24) is 0 Å². The van der Waals surface area contributed by atoms with Crippen molar-refractivity contribution in [3.8, 4) is 5.75 Å². The van der Waals surface area contributed by atoms with Crippen molar-refractivity contribution in [3.05, 3.63) is 120 Å². The van der Waals surface area contributed by atoms with E-state index in [0.29, 0.717) is 36.4 Å². The molecule has 7 nitrogen and oxygen atoms in total. The molecule has 1 fully saturated rings. The van der Waals surface area contributed by atoms with E-state index >= 15 is 0 Å². The maximum Gasteiger partial charge on any atom is 0.569 e. The highest BCUT2D eigenvalue weighted by Crippen LogP contribution is 2.18. The molecule has 2 unspecified atom stereocenters. The minimum absolute atomic E-state index is 0.417. The molecule has 1 heterocycles. The number of nitrogen functional groups attached to an aromatic ring is 1. The number of nitrogens with one attached hydrogen (secondary N) is 1. The topological polar surface area (TPSA) is 117 Å². The maximum absolute atomic E-state index is 8.65. The molecule has 5 rings (SSSR count). The Kier molecular flexibility index (Phi) is 29.3. The normalized spacial score (nSPS) is 12.0. The molecular formula is C40H60B2ClN2O5. The SMILES string of the molecule is C1CCOC1.CCC(C)c1ccccc1.CCC(C)c1ccccc1.CCCl.CCNc1cccc(O[B]O)c1.Nc1cccc(B(O)O)c1. The molecule has 0 bridgehead atoms. The fraction of sp³-hybridized carbons (Fsp3) is 0.400. The molecule has 0 amide bonds. The van der Waals surface area contributed by atoms with Crippen LogP contribution >= 0.6 is 11.6 Å². The van der Waals surface area contributed by atoms with E-state index in [-0.39, 0.29) is 0 Å². The van der Waals surface area contributed by atoms with Crippen LogP contribution in [-0.2, 0) is 4.74 Å². The van der Waals surface area contributed by atoms with Gasteiger partial charge in [-0.2, -0.15) is 0 Å². The van der Waals surface area contributed by atoms with Gasteiger partial charge >= 0.3 is 14.8 Å². The Morgan fingerprint density at radius 1 is 0.780 bits per heavy atom. The number of rotatable bonds is 9. The number of benzene rings is 4. The molecule has 1 aliphatic heterocycles. The second-order valence-electron chi connectivity index (χ2n) is 11.4. The summed E-state index contributed by atoms with van der Waals surface area (Å²) in [6.45, 7) is 15.7. The van der Waals surface area contributed by atoms with Gasteiger partial charge < -0.3 is 35.5 Å². The summed E-state index contributed by atoms with van der Waals surface area (Å²) in [5.74, 6) is 2.76. The quantitative estimate of drug-likeness (QED) is 0.0675. The van der Waals surface area contributed by atoms with Gasteiger partial charge in [0.05, 0.1) is 0 Å². The van der Waals surface area contributed by atoms with E-state index in [2.05, 4.69) is 93.7 Å². The zero-order chi connectivity index (χ0) is 37.4. The smallest absolute Gasteiger partial charge is 0.537 e. The molecule has 4 aromatic carbocycles. The predicted molar refractivity (Wildman–Crippen MR) is 217 cm³/mol. The number of nitrogens with two attached hydrogens (primary N) is 1. The Bertz CT molecular complexity index is 1250. The van der Waals surface area contributed by atoms with Crippen LogP contribution in [0.5, 0.6) is 5.75 Å². The van der Waals surface area contributed by atoms with Crippen LogP contribution in [0.2, 0.25) is 0 Å². The first-order chi connectivity index (χ1) is 24.2. The first-order valence-electron chi connectivity index (χ1n) is 17.6. The summed E-state index contributed by atoms with van der Waals surface area (Å²) in [6.07, 6.45) is 5.01. The minimum Gasteiger partial charge on any atom is -0.537 e. The van der Waals surface area contributed by atoms with Crippen LogP contribution in [0.4, 0.5) is 11.4 Å². The van der Waals surface area contributed by atoms with Crippen molar-refractivity contribution in [1.29, 1.82) is 0 Å². The zero-order valence-electron chi connectivity index (χ0n) is 31.0. The second kappa shape index (κ2) is 31.5. The van der Waals surface area contributed by atoms with Crippen molar-refractivity contribution in [3.63, 3.8) is 0 Å². The number of alkyl halides is 1. The Hall–Kier alpha value is -3.46. The highest BCUT2D eigenvalue weighted by Gasteiger charge is 2.09. The van der Waals surface area contributed by atoms with E-state index in [9.17, 15) is 0 Å². The number of hydrogen-bond donors (Lipinski definition) is 5. The number of anilines is 2. The summed E-state index contributed by atoms with van der Waals surface area (Å²) in [6, 6.07) is 35.1. The van der Waals surface area contributed by atoms with Crippen molar-refractivity contribution >= 4 is 43.2 Å². The molecule has 50 heavy (non-hydrogen) atoms. The van der Waals surface area contributed by atoms with Gasteiger partial charge in [0.2, 0.25) is 0 Å². The Morgan fingerprint density at radius 3 is 1.64 bits per heavy atom. The van der Waals surface area contributed by atoms with Crippen molar-refractivity contribution in [2.75, 3.05) is 36.7 Å². The van der Waals surface area contributed by atoms with Gasteiger partial charge in [-0.25, -0.2) is 0 Å². The summed E-state index contributed by atoms with van der Waals surface area (Å²) >= 11 is 5.00. The third-order valence-electron chi connectivity index (χ3n) is 7.40. The summed E-state index contributed by atoms with van der Waals surface area (Å²) in [4.78, 5) is 0. The third kappa shape index (κ3) is 23.8. The van der Waals surface area contributed by atoms with Crippen molar-refractivity contribution in [2.24, 2.45) is 0 Å². The van der Waals surface area contributed by atoms with Gasteiger partial charge in [0.15, 0.2) is 0 Å². The Morgan fingerprint density at radius 2 is 1.28 bits per heavy atom. The minimum atomic E-state index is -1.43. The summed E-state index contributed by atoms with van der Waals surface area (Å²) in [5.41, 5.74) is 10.2. The summed E-state index contributed by atoms with van der Waals surface area (Å²) in [7, 11) is -0.756. The largest absolute Gasteiger partial charge is 0.569 e. The molecule has 4 aromatic rings. The monoisotopic (exact) mass is 705 g/mol. The molecular weight excluding hydrogens is 646 g/mol. The summed E-state index contributed by atoms with van der Waals surface area (Å²) in [5, 5.41) is 28.8. The molecule has 2 atom stereocenters. The van der Waals surface area contributed by atoms with Crippen LogP contribution < -0.4 is 21.2 Å². The van der Waals surface area contributed by atoms with E-state index in [1.54, 1.807) is 24.3 Å². The fourth-order valence-corrected chi connectivity index (χ4v) is 4.21. The van der Waals surface area contributed by atoms with E-state index in [1.165, 1.54) is 42.9 Å². The molecule has 6 N–H and O–H groups in total. The van der Waals surface area contributed by atoms with Crippen LogP contribution in [-0.4, -0.2) is 55.5 Å². The first kappa shape index (κ1) is 46.5. The van der Waals surface area contributed by atoms with Gasteiger partial charge in [-0.15, -0.1) is 11.6 Å². The molecule has 1 radical (unpaired) electrons. The lowest BCUT2D eigenvalue weighted by molar-refractivity contribution is 0.198. The molecule has 0 spiro atoms. The Balaban J connectivity index is 0.000000598. The van der Waals surface area contributed by atoms with Crippen LogP contribution in [0.15, 0.2) is 109 Å². The highest BCUT2D eigenvalue weighted by molar-refractivity contribution is 6.58. The van der Waals surface area contributed by atoms with Gasteiger partial charge in [-0.05, 0) is 85.3 Å². The van der Waals surface area contributed by atoms with Crippen molar-refractivity contribution < 1.29 is 24.5 Å². The lowest BCUT2D eigenvalue weighted by atomic mass is 9.80. The molecule has 0 aliphatic carbocycles. The third-order valence-corrected chi connectivity index (χ3v) is 7.40. The average molecular weight is 706 g/mol. The number of halogens is 1. The first-order valence-corrected chi connectivity index (χ1v) is 18.1. The van der Waals surface area contributed by atoms with E-state index < -0.39 is 7.12 Å². The predicted octanol–water partition coefficient (Wildman–Crippen LogP) is 8.41. The lowest BCUT2D eigenvalue weighted by Crippen LogP contribution is -2.29. The maximum atomic E-state index is 8.65. The zero-order valence-corrected chi connectivity index (χ0v) is 31.7. The van der Waals surface area contributed by atoms with Crippen LogP contribution in [0, 0.1) is 0 Å². The standard InChI is InChI=1S/2C10H14.C8H11BNO2.C6H8BNO2.C4H8O.C2H5Cl/c2*1-3-9(2)10-7-5-4-6-8-10;1-2-10-7-4-3-5-8(6-7)12-9-11;8-6-3-1-2-5(4-6)7(9)10;1-2-4-5-3-1;1-2-3/h2*4-9H,3H2,1-2H3;3-6,10-11H,2H2,1H3;1-4,9-10H,8H2;1-4H2;2H2,1H3. The van der Waals surface area contributed by atoms with Crippen LogP contribution in [0.25, 0.3) is 0 Å². The highest BCUT2D eigenvalue weighted by atomic mass is 35.5. The second-order valence-corrected chi connectivity index (χ2v) is 11.9. The van der Waals surface area contributed by atoms with Crippen molar-refractivity contribution in [2.45, 2.75) is 79.1 Å². The molecule has 1 aliphatic rings. The van der Waals surface area contributed by atoms with Gasteiger partial charge in [0.1, 0.15) is 5.75 Å². The molecule has 10 heteroatoms. The molecule has 1 saturated heterocycles. The molecule has 0 aromatic heterocycles. The Labute approximate surface area is 308 Å². The van der Waals surface area contributed by atoms with Gasteiger partial charge in [-0.3, -0.25) is 0 Å². The fourth-order valence-electron chi connectivity index (χ4n) is 4.21. The average Bonchev–Trinajstić information content (AvgIpc) is 3.74. The number of hydrogen-bond acceptors (Lipinski definition) is 7. The summed E-state index contributed by atoms with van der Waals surface area (Å²) < 4.78 is 9.73. The lowest BCUT2D eigenvalue weighted by Gasteiger charge is -2.06. The van der Waals surface area contributed by atoms with Crippen LogP contribution in [0.3, 0.4) is 0 Å². The van der Waals surface area contributed by atoms with E-state index in [4.69, 9.17) is 41.8 Å². The molecule has 273 valence electrons. The molecule has 0 saturated carbocycles. The van der Waals surface area contributed by atoms with E-state index in [1.807, 2.05) is 32.0 Å². The van der Waals surface area contributed by atoms with E-state index in [0.717, 1.165) is 31.3 Å².